The summed E-state index contributed by atoms with van der Waals surface area (Å²) >= 11 is 0. The minimum atomic E-state index is -0.728. The standard InChI is InChI=1S/C23H29FN2O2/c1-5-21(27)26(16-18-13-9-10-14-19(18)24)20(22(28)25-23(2,3)4)15-17-11-7-6-8-12-17/h6-14,20H,5,15-16H2,1-4H3,(H,25,28)/t20-/m0/s1. The van der Waals surface area contributed by atoms with Gasteiger partial charge >= 0.3 is 0 Å². The van der Waals surface area contributed by atoms with E-state index in [2.05, 4.69) is 5.32 Å². The molecule has 0 unspecified atom stereocenters. The van der Waals surface area contributed by atoms with E-state index in [1.807, 2.05) is 51.1 Å². The SMILES string of the molecule is CCC(=O)N(Cc1ccccc1F)[C@@H](Cc1ccccc1)C(=O)NC(C)(C)C. The van der Waals surface area contributed by atoms with Crippen LogP contribution >= 0.6 is 0 Å². The molecule has 2 aromatic rings. The quantitative estimate of drug-likeness (QED) is 0.782. The molecule has 0 aliphatic carbocycles. The third-order valence-corrected chi connectivity index (χ3v) is 4.37. The van der Waals surface area contributed by atoms with Crippen molar-refractivity contribution in [1.82, 2.24) is 10.2 Å². The number of amides is 2. The van der Waals surface area contributed by atoms with Crippen molar-refractivity contribution in [3.8, 4) is 0 Å². The third kappa shape index (κ3) is 6.19. The zero-order valence-electron chi connectivity index (χ0n) is 17.0. The van der Waals surface area contributed by atoms with Gasteiger partial charge in [0.1, 0.15) is 11.9 Å². The third-order valence-electron chi connectivity index (χ3n) is 4.37. The van der Waals surface area contributed by atoms with Gasteiger partial charge in [0.2, 0.25) is 11.8 Å². The number of nitrogens with one attached hydrogen (secondary N) is 1. The molecule has 0 spiro atoms. The lowest BCUT2D eigenvalue weighted by molar-refractivity contribution is -0.141. The molecule has 0 fully saturated rings. The molecule has 28 heavy (non-hydrogen) atoms. The number of benzene rings is 2. The molecule has 1 N–H and O–H groups in total. The molecule has 0 radical (unpaired) electrons. The van der Waals surface area contributed by atoms with Crippen LogP contribution < -0.4 is 5.32 Å². The van der Waals surface area contributed by atoms with Gasteiger partial charge in [-0.15, -0.1) is 0 Å². The van der Waals surface area contributed by atoms with Crippen molar-refractivity contribution in [2.24, 2.45) is 0 Å². The number of nitrogens with zero attached hydrogens (tertiary/aromatic N) is 1. The molecule has 5 heteroatoms. The lowest BCUT2D eigenvalue weighted by Crippen LogP contribution is -2.54. The van der Waals surface area contributed by atoms with Crippen LogP contribution in [-0.4, -0.2) is 28.3 Å². The smallest absolute Gasteiger partial charge is 0.243 e. The van der Waals surface area contributed by atoms with Crippen LogP contribution in [0, 0.1) is 5.82 Å². The van der Waals surface area contributed by atoms with Gasteiger partial charge in [-0.2, -0.15) is 0 Å². The highest BCUT2D eigenvalue weighted by molar-refractivity contribution is 5.88. The summed E-state index contributed by atoms with van der Waals surface area (Å²) in [6.45, 7) is 7.49. The van der Waals surface area contributed by atoms with Crippen molar-refractivity contribution in [2.75, 3.05) is 0 Å². The predicted octanol–water partition coefficient (Wildman–Crippen LogP) is 4.09. The fourth-order valence-electron chi connectivity index (χ4n) is 3.02. The molecule has 0 saturated carbocycles. The molecule has 4 nitrogen and oxygen atoms in total. The molecule has 0 aromatic heterocycles. The number of carbonyl (C=O) groups is 2. The van der Waals surface area contributed by atoms with Crippen molar-refractivity contribution in [1.29, 1.82) is 0 Å². The van der Waals surface area contributed by atoms with Gasteiger partial charge < -0.3 is 10.2 Å². The van der Waals surface area contributed by atoms with Crippen LogP contribution in [0.5, 0.6) is 0 Å². The summed E-state index contributed by atoms with van der Waals surface area (Å²) < 4.78 is 14.2. The van der Waals surface area contributed by atoms with Gasteiger partial charge in [-0.1, -0.05) is 55.5 Å². The van der Waals surface area contributed by atoms with E-state index < -0.39 is 11.6 Å². The van der Waals surface area contributed by atoms with E-state index in [0.29, 0.717) is 12.0 Å². The fraction of sp³-hybridized carbons (Fsp3) is 0.391. The van der Waals surface area contributed by atoms with Crippen LogP contribution in [0.1, 0.15) is 45.2 Å². The average molecular weight is 384 g/mol. The minimum absolute atomic E-state index is 0.0500. The Kier molecular flexibility index (Phi) is 7.32. The Labute approximate surface area is 166 Å². The fourth-order valence-corrected chi connectivity index (χ4v) is 3.02. The molecular weight excluding hydrogens is 355 g/mol. The second-order valence-electron chi connectivity index (χ2n) is 7.91. The largest absolute Gasteiger partial charge is 0.350 e. The van der Waals surface area contributed by atoms with Crippen molar-refractivity contribution >= 4 is 11.8 Å². The zero-order valence-corrected chi connectivity index (χ0v) is 17.0. The van der Waals surface area contributed by atoms with Gasteiger partial charge in [-0.25, -0.2) is 4.39 Å². The second-order valence-corrected chi connectivity index (χ2v) is 7.91. The molecule has 2 rings (SSSR count). The van der Waals surface area contributed by atoms with Crippen molar-refractivity contribution in [3.63, 3.8) is 0 Å². The van der Waals surface area contributed by atoms with E-state index >= 15 is 0 Å². The number of carbonyl (C=O) groups excluding carboxylic acids is 2. The summed E-state index contributed by atoms with van der Waals surface area (Å²) in [6.07, 6.45) is 0.603. The van der Waals surface area contributed by atoms with E-state index in [9.17, 15) is 14.0 Å². The Hall–Kier alpha value is -2.69. The van der Waals surface area contributed by atoms with Crippen molar-refractivity contribution in [2.45, 2.75) is 58.7 Å². The average Bonchev–Trinajstić information content (AvgIpc) is 2.64. The molecule has 0 heterocycles. The van der Waals surface area contributed by atoms with E-state index in [4.69, 9.17) is 0 Å². The van der Waals surface area contributed by atoms with E-state index in [1.165, 1.54) is 11.0 Å². The Bertz CT molecular complexity index is 800. The summed E-state index contributed by atoms with van der Waals surface area (Å²) in [7, 11) is 0. The Morgan fingerprint density at radius 2 is 1.64 bits per heavy atom. The molecule has 150 valence electrons. The summed E-state index contributed by atoms with van der Waals surface area (Å²) in [6, 6.07) is 15.2. The molecule has 0 saturated heterocycles. The van der Waals surface area contributed by atoms with Gasteiger partial charge in [0, 0.05) is 30.5 Å². The number of hydrogen-bond acceptors (Lipinski definition) is 2. The highest BCUT2D eigenvalue weighted by atomic mass is 19.1. The molecule has 0 bridgehead atoms. The summed E-state index contributed by atoms with van der Waals surface area (Å²) in [5.74, 6) is -0.811. The second kappa shape index (κ2) is 9.49. The van der Waals surface area contributed by atoms with E-state index in [0.717, 1.165) is 5.56 Å². The van der Waals surface area contributed by atoms with Crippen LogP contribution in [0.25, 0.3) is 0 Å². The van der Waals surface area contributed by atoms with Gasteiger partial charge in [0.15, 0.2) is 0 Å². The number of halogens is 1. The van der Waals surface area contributed by atoms with Crippen molar-refractivity contribution < 1.29 is 14.0 Å². The topological polar surface area (TPSA) is 49.4 Å². The maximum Gasteiger partial charge on any atom is 0.243 e. The molecule has 2 aromatic carbocycles. The van der Waals surface area contributed by atoms with Crippen LogP contribution in [0.15, 0.2) is 54.6 Å². The van der Waals surface area contributed by atoms with Crippen LogP contribution in [-0.2, 0) is 22.6 Å². The Morgan fingerprint density at radius 3 is 2.21 bits per heavy atom. The van der Waals surface area contributed by atoms with Crippen LogP contribution in [0.2, 0.25) is 0 Å². The lowest BCUT2D eigenvalue weighted by atomic mass is 10.0. The maximum absolute atomic E-state index is 14.2. The molecule has 1 atom stereocenters. The molecular formula is C23H29FN2O2. The normalized spacial score (nSPS) is 12.3. The Morgan fingerprint density at radius 1 is 1.04 bits per heavy atom. The Balaban J connectivity index is 2.40. The number of rotatable bonds is 7. The van der Waals surface area contributed by atoms with Crippen LogP contribution in [0.4, 0.5) is 4.39 Å². The summed E-state index contributed by atoms with van der Waals surface area (Å²) in [5, 5.41) is 2.97. The van der Waals surface area contributed by atoms with Gasteiger partial charge in [0.25, 0.3) is 0 Å². The summed E-state index contributed by atoms with van der Waals surface area (Å²) in [4.78, 5) is 27.3. The first-order chi connectivity index (χ1) is 13.2. The van der Waals surface area contributed by atoms with E-state index in [1.54, 1.807) is 25.1 Å². The monoisotopic (exact) mass is 384 g/mol. The zero-order chi connectivity index (χ0) is 20.7. The molecule has 0 aliphatic rings. The summed E-state index contributed by atoms with van der Waals surface area (Å²) in [5.41, 5.74) is 0.898. The first-order valence-electron chi connectivity index (χ1n) is 9.60. The predicted molar refractivity (Wildman–Crippen MR) is 109 cm³/mol. The molecule has 0 aliphatic heterocycles. The highest BCUT2D eigenvalue weighted by Gasteiger charge is 2.31. The highest BCUT2D eigenvalue weighted by Crippen LogP contribution is 2.18. The minimum Gasteiger partial charge on any atom is -0.350 e. The van der Waals surface area contributed by atoms with Crippen molar-refractivity contribution in [3.05, 3.63) is 71.5 Å². The van der Waals surface area contributed by atoms with Gasteiger partial charge in [-0.05, 0) is 32.4 Å². The molecule has 2 amide bonds. The van der Waals surface area contributed by atoms with Gasteiger partial charge in [0.05, 0.1) is 0 Å². The first kappa shape index (κ1) is 21.6. The number of hydrogen-bond donors (Lipinski definition) is 1. The van der Waals surface area contributed by atoms with Crippen LogP contribution in [0.3, 0.4) is 0 Å². The first-order valence-corrected chi connectivity index (χ1v) is 9.60. The van der Waals surface area contributed by atoms with Gasteiger partial charge in [-0.3, -0.25) is 9.59 Å². The van der Waals surface area contributed by atoms with E-state index in [-0.39, 0.29) is 30.6 Å². The lowest BCUT2D eigenvalue weighted by Gasteiger charge is -2.33. The maximum atomic E-state index is 14.2.